The fraction of sp³-hybridized carbons (Fsp3) is 0.667. The minimum absolute atomic E-state index is 0.541. The van der Waals surface area contributed by atoms with E-state index in [0.717, 1.165) is 17.0 Å². The van der Waals surface area contributed by atoms with Gasteiger partial charge in [-0.25, -0.2) is 0 Å². The van der Waals surface area contributed by atoms with E-state index in [-0.39, 0.29) is 0 Å². The summed E-state index contributed by atoms with van der Waals surface area (Å²) in [5.74, 6) is 0.840. The van der Waals surface area contributed by atoms with Crippen molar-refractivity contribution >= 4 is 11.6 Å². The summed E-state index contributed by atoms with van der Waals surface area (Å²) < 4.78 is 0. The average molecular weight is 305 g/mol. The van der Waals surface area contributed by atoms with Crippen LogP contribution in [0.15, 0.2) is 24.3 Å². The molecule has 1 unspecified atom stereocenters. The van der Waals surface area contributed by atoms with Crippen molar-refractivity contribution in [3.8, 4) is 0 Å². The van der Waals surface area contributed by atoms with Gasteiger partial charge in [-0.1, -0.05) is 23.7 Å². The molecule has 1 heterocycles. The summed E-state index contributed by atoms with van der Waals surface area (Å²) in [6.45, 7) is 2.58. The van der Waals surface area contributed by atoms with E-state index in [9.17, 15) is 0 Å². The molecule has 1 saturated heterocycles. The van der Waals surface area contributed by atoms with Crippen LogP contribution in [0.4, 0.5) is 0 Å². The first-order valence-electron chi connectivity index (χ1n) is 8.55. The van der Waals surface area contributed by atoms with Crippen molar-refractivity contribution < 1.29 is 0 Å². The standard InChI is InChI=1S/C18H25ClN2/c19-15-5-3-14(4-6-15)18(13-1-2-13)20-16-9-11-21(12-10-16)17-7-8-17/h3-6,13,16-18,20H,1-2,7-12H2. The molecule has 2 saturated carbocycles. The van der Waals surface area contributed by atoms with Crippen molar-refractivity contribution in [3.63, 3.8) is 0 Å². The SMILES string of the molecule is Clc1ccc(C(NC2CCN(C3CC3)CC2)C2CC2)cc1. The summed E-state index contributed by atoms with van der Waals surface area (Å²) in [5, 5.41) is 4.80. The van der Waals surface area contributed by atoms with Crippen LogP contribution in [0.2, 0.25) is 5.02 Å². The molecule has 0 bridgehead atoms. The lowest BCUT2D eigenvalue weighted by molar-refractivity contribution is 0.180. The topological polar surface area (TPSA) is 15.3 Å². The molecule has 2 nitrogen and oxygen atoms in total. The van der Waals surface area contributed by atoms with Crippen molar-refractivity contribution in [1.29, 1.82) is 0 Å². The molecule has 0 aromatic heterocycles. The van der Waals surface area contributed by atoms with Crippen LogP contribution < -0.4 is 5.32 Å². The van der Waals surface area contributed by atoms with E-state index in [0.29, 0.717) is 12.1 Å². The summed E-state index contributed by atoms with van der Waals surface area (Å²) in [7, 11) is 0. The molecule has 3 aliphatic rings. The maximum Gasteiger partial charge on any atom is 0.0406 e. The number of benzene rings is 1. The number of nitrogens with one attached hydrogen (secondary N) is 1. The Balaban J connectivity index is 1.37. The zero-order valence-corrected chi connectivity index (χ0v) is 13.4. The zero-order valence-electron chi connectivity index (χ0n) is 12.6. The quantitative estimate of drug-likeness (QED) is 0.884. The first kappa shape index (κ1) is 14.0. The lowest BCUT2D eigenvalue weighted by Gasteiger charge is -2.35. The van der Waals surface area contributed by atoms with Gasteiger partial charge in [0.05, 0.1) is 0 Å². The molecule has 0 spiro atoms. The van der Waals surface area contributed by atoms with Gasteiger partial charge in [0.1, 0.15) is 0 Å². The molecule has 4 rings (SSSR count). The van der Waals surface area contributed by atoms with Crippen molar-refractivity contribution in [2.24, 2.45) is 5.92 Å². The largest absolute Gasteiger partial charge is 0.307 e. The van der Waals surface area contributed by atoms with E-state index in [1.54, 1.807) is 0 Å². The van der Waals surface area contributed by atoms with Crippen LogP contribution in [0, 0.1) is 5.92 Å². The van der Waals surface area contributed by atoms with Gasteiger partial charge < -0.3 is 10.2 Å². The Morgan fingerprint density at radius 3 is 2.19 bits per heavy atom. The van der Waals surface area contributed by atoms with Crippen molar-refractivity contribution in [1.82, 2.24) is 10.2 Å². The average Bonchev–Trinajstić information content (AvgIpc) is 3.40. The van der Waals surface area contributed by atoms with Crippen molar-refractivity contribution in [2.45, 2.75) is 56.7 Å². The number of piperidine rings is 1. The van der Waals surface area contributed by atoms with Crippen LogP contribution in [0.5, 0.6) is 0 Å². The van der Waals surface area contributed by atoms with Gasteiger partial charge in [-0.3, -0.25) is 0 Å². The first-order valence-corrected chi connectivity index (χ1v) is 8.93. The molecule has 3 fully saturated rings. The van der Waals surface area contributed by atoms with Gasteiger partial charge in [0.25, 0.3) is 0 Å². The van der Waals surface area contributed by atoms with Crippen LogP contribution in [0.25, 0.3) is 0 Å². The van der Waals surface area contributed by atoms with Crippen LogP contribution in [0.1, 0.15) is 50.1 Å². The lowest BCUT2D eigenvalue weighted by atomic mass is 9.98. The summed E-state index contributed by atoms with van der Waals surface area (Å²) in [6, 6.07) is 10.6. The predicted molar refractivity (Wildman–Crippen MR) is 87.7 cm³/mol. The van der Waals surface area contributed by atoms with Gasteiger partial charge >= 0.3 is 0 Å². The Bertz CT molecular complexity index is 470. The minimum atomic E-state index is 0.541. The summed E-state index contributed by atoms with van der Waals surface area (Å²) in [4.78, 5) is 2.70. The van der Waals surface area contributed by atoms with Crippen LogP contribution in [-0.4, -0.2) is 30.1 Å². The highest BCUT2D eigenvalue weighted by Crippen LogP contribution is 2.42. The molecule has 114 valence electrons. The molecule has 1 atom stereocenters. The molecule has 1 N–H and O–H groups in total. The number of nitrogens with zero attached hydrogens (tertiary/aromatic N) is 1. The third-order valence-electron chi connectivity index (χ3n) is 5.33. The number of likely N-dealkylation sites (tertiary alicyclic amines) is 1. The van der Waals surface area contributed by atoms with E-state index in [1.165, 1.54) is 57.2 Å². The highest BCUT2D eigenvalue weighted by atomic mass is 35.5. The van der Waals surface area contributed by atoms with Gasteiger partial charge in [-0.2, -0.15) is 0 Å². The normalized spacial score (nSPS) is 26.0. The van der Waals surface area contributed by atoms with Crippen LogP contribution in [0.3, 0.4) is 0 Å². The molecular formula is C18H25ClN2. The molecule has 1 aromatic rings. The Morgan fingerprint density at radius 2 is 1.62 bits per heavy atom. The Labute approximate surface area is 132 Å². The van der Waals surface area contributed by atoms with E-state index in [1.807, 2.05) is 12.1 Å². The molecule has 1 aromatic carbocycles. The smallest absolute Gasteiger partial charge is 0.0406 e. The Morgan fingerprint density at radius 1 is 0.952 bits per heavy atom. The molecule has 0 amide bonds. The lowest BCUT2D eigenvalue weighted by Crippen LogP contribution is -2.44. The summed E-state index contributed by atoms with van der Waals surface area (Å²) in [5.41, 5.74) is 1.42. The van der Waals surface area contributed by atoms with Gasteiger partial charge in [-0.05, 0) is 75.2 Å². The van der Waals surface area contributed by atoms with Crippen molar-refractivity contribution in [3.05, 3.63) is 34.9 Å². The third-order valence-corrected chi connectivity index (χ3v) is 5.58. The van der Waals surface area contributed by atoms with Crippen LogP contribution >= 0.6 is 11.6 Å². The zero-order chi connectivity index (χ0) is 14.2. The minimum Gasteiger partial charge on any atom is -0.307 e. The van der Waals surface area contributed by atoms with Gasteiger partial charge in [0.2, 0.25) is 0 Å². The van der Waals surface area contributed by atoms with Gasteiger partial charge in [-0.15, -0.1) is 0 Å². The molecule has 21 heavy (non-hydrogen) atoms. The Hall–Kier alpha value is -0.570. The highest BCUT2D eigenvalue weighted by Gasteiger charge is 2.36. The van der Waals surface area contributed by atoms with E-state index >= 15 is 0 Å². The van der Waals surface area contributed by atoms with E-state index in [4.69, 9.17) is 11.6 Å². The van der Waals surface area contributed by atoms with Gasteiger partial charge in [0.15, 0.2) is 0 Å². The molecule has 3 heteroatoms. The number of halogens is 1. The number of rotatable bonds is 5. The summed E-state index contributed by atoms with van der Waals surface area (Å²) in [6.07, 6.45) is 8.25. The monoisotopic (exact) mass is 304 g/mol. The van der Waals surface area contributed by atoms with Gasteiger partial charge in [0, 0.05) is 23.1 Å². The number of hydrogen-bond acceptors (Lipinski definition) is 2. The van der Waals surface area contributed by atoms with E-state index in [2.05, 4.69) is 22.3 Å². The first-order chi connectivity index (χ1) is 10.3. The maximum absolute atomic E-state index is 6.03. The maximum atomic E-state index is 6.03. The molecular weight excluding hydrogens is 280 g/mol. The second-order valence-corrected chi connectivity index (χ2v) is 7.51. The summed E-state index contributed by atoms with van der Waals surface area (Å²) >= 11 is 6.03. The highest BCUT2D eigenvalue weighted by molar-refractivity contribution is 6.30. The Kier molecular flexibility index (Phi) is 3.95. The van der Waals surface area contributed by atoms with Crippen molar-refractivity contribution in [2.75, 3.05) is 13.1 Å². The fourth-order valence-electron chi connectivity index (χ4n) is 3.73. The third kappa shape index (κ3) is 3.44. The fourth-order valence-corrected chi connectivity index (χ4v) is 3.86. The van der Waals surface area contributed by atoms with E-state index < -0.39 is 0 Å². The second kappa shape index (κ2) is 5.91. The molecule has 1 aliphatic heterocycles. The van der Waals surface area contributed by atoms with Crippen LogP contribution in [-0.2, 0) is 0 Å². The number of hydrogen-bond donors (Lipinski definition) is 1. The molecule has 2 aliphatic carbocycles. The molecule has 0 radical (unpaired) electrons. The predicted octanol–water partition coefficient (Wildman–Crippen LogP) is 4.01. The second-order valence-electron chi connectivity index (χ2n) is 7.07.